The largest absolute Gasteiger partial charge is 0.478 e. The quantitative estimate of drug-likeness (QED) is 0.793. The number of aromatic nitrogens is 2. The van der Waals surface area contributed by atoms with E-state index in [0.29, 0.717) is 11.7 Å². The van der Waals surface area contributed by atoms with Gasteiger partial charge in [0.25, 0.3) is 0 Å². The molecule has 2 rings (SSSR count). The molecule has 0 radical (unpaired) electrons. The summed E-state index contributed by atoms with van der Waals surface area (Å²) in [6, 6.07) is 0. The Morgan fingerprint density at radius 2 is 2.27 bits per heavy atom. The molecule has 0 bridgehead atoms. The van der Waals surface area contributed by atoms with Gasteiger partial charge in [-0.3, -0.25) is 0 Å². The van der Waals surface area contributed by atoms with Crippen LogP contribution in [0, 0.1) is 5.92 Å². The summed E-state index contributed by atoms with van der Waals surface area (Å²) >= 11 is 0. The number of carbonyl (C=O) groups is 1. The Labute approximate surface area is 87.1 Å². The number of ether oxygens (including phenoxy) is 1. The molecule has 1 aliphatic heterocycles. The van der Waals surface area contributed by atoms with Crippen molar-refractivity contribution in [1.29, 1.82) is 0 Å². The van der Waals surface area contributed by atoms with Crippen LogP contribution in [0.15, 0.2) is 12.4 Å². The van der Waals surface area contributed by atoms with Gasteiger partial charge in [-0.05, 0) is 12.3 Å². The number of rotatable bonds is 3. The number of carboxylic acid groups (broad SMARTS) is 1. The van der Waals surface area contributed by atoms with E-state index in [1.54, 1.807) is 0 Å². The third kappa shape index (κ3) is 2.50. The predicted molar refractivity (Wildman–Crippen MR) is 51.6 cm³/mol. The average molecular weight is 208 g/mol. The zero-order valence-corrected chi connectivity index (χ0v) is 8.22. The van der Waals surface area contributed by atoms with Crippen LogP contribution in [0.3, 0.4) is 0 Å². The zero-order valence-electron chi connectivity index (χ0n) is 8.22. The SMILES string of the molecule is O=C(O)c1cnc(CC2CCOC2)nc1. The number of nitrogens with zero attached hydrogens (tertiary/aromatic N) is 2. The highest BCUT2D eigenvalue weighted by molar-refractivity contribution is 5.86. The molecule has 0 aliphatic carbocycles. The molecule has 1 unspecified atom stereocenters. The molecule has 1 aromatic rings. The Kier molecular flexibility index (Phi) is 2.91. The average Bonchev–Trinajstić information content (AvgIpc) is 2.71. The molecule has 2 heterocycles. The van der Waals surface area contributed by atoms with E-state index >= 15 is 0 Å². The van der Waals surface area contributed by atoms with Crippen molar-refractivity contribution in [2.75, 3.05) is 13.2 Å². The van der Waals surface area contributed by atoms with Crippen LogP contribution in [-0.2, 0) is 11.2 Å². The van der Waals surface area contributed by atoms with Crippen molar-refractivity contribution in [2.45, 2.75) is 12.8 Å². The molecule has 5 heteroatoms. The van der Waals surface area contributed by atoms with Gasteiger partial charge in [0.1, 0.15) is 5.82 Å². The first-order chi connectivity index (χ1) is 7.25. The van der Waals surface area contributed by atoms with Crippen LogP contribution >= 0.6 is 0 Å². The fraction of sp³-hybridized carbons (Fsp3) is 0.500. The smallest absolute Gasteiger partial charge is 0.338 e. The fourth-order valence-electron chi connectivity index (χ4n) is 1.57. The molecule has 1 aromatic heterocycles. The summed E-state index contributed by atoms with van der Waals surface area (Å²) in [5.41, 5.74) is 0.126. The topological polar surface area (TPSA) is 72.3 Å². The van der Waals surface area contributed by atoms with Crippen LogP contribution in [-0.4, -0.2) is 34.3 Å². The molecule has 15 heavy (non-hydrogen) atoms. The Bertz CT molecular complexity index is 344. The summed E-state index contributed by atoms with van der Waals surface area (Å²) in [6.45, 7) is 1.56. The Balaban J connectivity index is 2.00. The molecular weight excluding hydrogens is 196 g/mol. The van der Waals surface area contributed by atoms with Crippen molar-refractivity contribution in [3.63, 3.8) is 0 Å². The van der Waals surface area contributed by atoms with Crippen molar-refractivity contribution >= 4 is 5.97 Å². The highest BCUT2D eigenvalue weighted by atomic mass is 16.5. The maximum absolute atomic E-state index is 10.6. The van der Waals surface area contributed by atoms with E-state index in [1.165, 1.54) is 12.4 Å². The van der Waals surface area contributed by atoms with Crippen LogP contribution in [0.2, 0.25) is 0 Å². The molecule has 0 spiro atoms. The van der Waals surface area contributed by atoms with Crippen LogP contribution < -0.4 is 0 Å². The summed E-state index contributed by atoms with van der Waals surface area (Å²) in [7, 11) is 0. The van der Waals surface area contributed by atoms with Gasteiger partial charge in [-0.1, -0.05) is 0 Å². The van der Waals surface area contributed by atoms with Gasteiger partial charge >= 0.3 is 5.97 Å². The van der Waals surface area contributed by atoms with Gasteiger partial charge in [-0.2, -0.15) is 0 Å². The van der Waals surface area contributed by atoms with Crippen LogP contribution in [0.25, 0.3) is 0 Å². The highest BCUT2D eigenvalue weighted by Crippen LogP contribution is 2.15. The number of hydrogen-bond donors (Lipinski definition) is 1. The molecule has 1 aliphatic rings. The van der Waals surface area contributed by atoms with E-state index < -0.39 is 5.97 Å². The molecule has 1 N–H and O–H groups in total. The first-order valence-electron chi connectivity index (χ1n) is 4.87. The molecule has 80 valence electrons. The van der Waals surface area contributed by atoms with Gasteiger partial charge in [0.2, 0.25) is 0 Å². The van der Waals surface area contributed by atoms with Crippen molar-refractivity contribution in [2.24, 2.45) is 5.92 Å². The standard InChI is InChI=1S/C10H12N2O3/c13-10(14)8-4-11-9(12-5-8)3-7-1-2-15-6-7/h4-5,7H,1-3,6H2,(H,13,14). The summed E-state index contributed by atoms with van der Waals surface area (Å²) < 4.78 is 5.24. The summed E-state index contributed by atoms with van der Waals surface area (Å²) in [5.74, 6) is 0.168. The summed E-state index contributed by atoms with van der Waals surface area (Å²) in [4.78, 5) is 18.6. The van der Waals surface area contributed by atoms with Gasteiger partial charge in [-0.15, -0.1) is 0 Å². The van der Waals surface area contributed by atoms with E-state index in [2.05, 4.69) is 9.97 Å². The Morgan fingerprint density at radius 1 is 1.53 bits per heavy atom. The number of hydrogen-bond acceptors (Lipinski definition) is 4. The fourth-order valence-corrected chi connectivity index (χ4v) is 1.57. The molecular formula is C10H12N2O3. The molecule has 0 saturated carbocycles. The maximum atomic E-state index is 10.6. The maximum Gasteiger partial charge on any atom is 0.338 e. The minimum Gasteiger partial charge on any atom is -0.478 e. The molecule has 1 saturated heterocycles. The van der Waals surface area contributed by atoms with Crippen molar-refractivity contribution in [1.82, 2.24) is 9.97 Å². The van der Waals surface area contributed by atoms with Gasteiger partial charge in [0.15, 0.2) is 0 Å². The van der Waals surface area contributed by atoms with Gasteiger partial charge in [-0.25, -0.2) is 14.8 Å². The Morgan fingerprint density at radius 3 is 2.80 bits per heavy atom. The first-order valence-corrected chi connectivity index (χ1v) is 4.87. The number of aromatic carboxylic acids is 1. The molecule has 5 nitrogen and oxygen atoms in total. The lowest BCUT2D eigenvalue weighted by Crippen LogP contribution is -2.08. The summed E-state index contributed by atoms with van der Waals surface area (Å²) in [6.07, 6.45) is 4.49. The van der Waals surface area contributed by atoms with Gasteiger partial charge in [0.05, 0.1) is 5.56 Å². The van der Waals surface area contributed by atoms with Crippen LogP contribution in [0.1, 0.15) is 22.6 Å². The lowest BCUT2D eigenvalue weighted by molar-refractivity contribution is 0.0696. The predicted octanol–water partition coefficient (Wildman–Crippen LogP) is 0.754. The van der Waals surface area contributed by atoms with Gasteiger partial charge in [0, 0.05) is 32.0 Å². The highest BCUT2D eigenvalue weighted by Gasteiger charge is 2.17. The van der Waals surface area contributed by atoms with Crippen molar-refractivity contribution in [3.8, 4) is 0 Å². The van der Waals surface area contributed by atoms with Crippen LogP contribution in [0.5, 0.6) is 0 Å². The summed E-state index contributed by atoms with van der Waals surface area (Å²) in [5, 5.41) is 8.66. The Hall–Kier alpha value is -1.49. The monoisotopic (exact) mass is 208 g/mol. The normalized spacial score (nSPS) is 20.4. The second-order valence-electron chi connectivity index (χ2n) is 3.63. The van der Waals surface area contributed by atoms with E-state index in [-0.39, 0.29) is 5.56 Å². The van der Waals surface area contributed by atoms with Crippen molar-refractivity contribution in [3.05, 3.63) is 23.8 Å². The molecule has 1 fully saturated rings. The lowest BCUT2D eigenvalue weighted by atomic mass is 10.1. The van der Waals surface area contributed by atoms with Gasteiger partial charge < -0.3 is 9.84 Å². The first kappa shape index (κ1) is 10.0. The van der Waals surface area contributed by atoms with E-state index in [4.69, 9.17) is 9.84 Å². The molecule has 0 aromatic carbocycles. The second kappa shape index (κ2) is 4.35. The zero-order chi connectivity index (χ0) is 10.7. The minimum atomic E-state index is -0.995. The third-order valence-electron chi connectivity index (χ3n) is 2.45. The lowest BCUT2D eigenvalue weighted by Gasteiger charge is -2.05. The minimum absolute atomic E-state index is 0.126. The van der Waals surface area contributed by atoms with E-state index in [0.717, 1.165) is 26.1 Å². The molecule has 1 atom stereocenters. The van der Waals surface area contributed by atoms with Crippen LogP contribution in [0.4, 0.5) is 0 Å². The van der Waals surface area contributed by atoms with E-state index in [9.17, 15) is 4.79 Å². The second-order valence-corrected chi connectivity index (χ2v) is 3.63. The molecule has 0 amide bonds. The van der Waals surface area contributed by atoms with Crippen molar-refractivity contribution < 1.29 is 14.6 Å². The third-order valence-corrected chi connectivity index (χ3v) is 2.45. The number of carboxylic acids is 1. The van der Waals surface area contributed by atoms with E-state index in [1.807, 2.05) is 0 Å².